The number of hydrogen-bond acceptors (Lipinski definition) is 2. The molecule has 0 aromatic heterocycles. The van der Waals surface area contributed by atoms with Gasteiger partial charge < -0.3 is 4.74 Å². The fourth-order valence-corrected chi connectivity index (χ4v) is 1.80. The van der Waals surface area contributed by atoms with Crippen molar-refractivity contribution < 1.29 is 4.74 Å². The maximum absolute atomic E-state index is 8.49. The summed E-state index contributed by atoms with van der Waals surface area (Å²) < 4.78 is 5.32. The van der Waals surface area contributed by atoms with Gasteiger partial charge >= 0.3 is 0 Å². The van der Waals surface area contributed by atoms with E-state index in [2.05, 4.69) is 25.1 Å². The van der Waals surface area contributed by atoms with Gasteiger partial charge in [0.05, 0.1) is 12.7 Å². The SMILES string of the molecule is CCCCCC(=Cc1ccccc1)COCC#N. The molecule has 96 valence electrons. The van der Waals surface area contributed by atoms with Crippen LogP contribution < -0.4 is 0 Å². The molecule has 0 saturated carbocycles. The van der Waals surface area contributed by atoms with E-state index in [0.29, 0.717) is 6.61 Å². The molecule has 2 nitrogen and oxygen atoms in total. The topological polar surface area (TPSA) is 33.0 Å². The lowest BCUT2D eigenvalue weighted by atomic mass is 10.0. The van der Waals surface area contributed by atoms with Crippen molar-refractivity contribution in [3.8, 4) is 6.07 Å². The highest BCUT2D eigenvalue weighted by molar-refractivity contribution is 5.52. The molecule has 18 heavy (non-hydrogen) atoms. The van der Waals surface area contributed by atoms with Gasteiger partial charge in [0, 0.05) is 0 Å². The second kappa shape index (κ2) is 9.44. The molecule has 0 unspecified atom stereocenters. The third-order valence-electron chi connectivity index (χ3n) is 2.73. The van der Waals surface area contributed by atoms with Crippen molar-refractivity contribution in [3.05, 3.63) is 41.5 Å². The number of rotatable bonds is 8. The quantitative estimate of drug-likeness (QED) is 0.641. The van der Waals surface area contributed by atoms with Crippen LogP contribution in [0.25, 0.3) is 6.08 Å². The third-order valence-corrected chi connectivity index (χ3v) is 2.73. The van der Waals surface area contributed by atoms with Gasteiger partial charge in [-0.2, -0.15) is 5.26 Å². The number of benzene rings is 1. The first-order chi connectivity index (χ1) is 8.86. The Hall–Kier alpha value is -1.59. The van der Waals surface area contributed by atoms with Gasteiger partial charge in [-0.3, -0.25) is 0 Å². The van der Waals surface area contributed by atoms with Crippen LogP contribution in [-0.4, -0.2) is 13.2 Å². The molecule has 0 radical (unpaired) electrons. The smallest absolute Gasteiger partial charge is 0.134 e. The lowest BCUT2D eigenvalue weighted by molar-refractivity contribution is 0.188. The van der Waals surface area contributed by atoms with Crippen molar-refractivity contribution >= 4 is 6.08 Å². The van der Waals surface area contributed by atoms with E-state index >= 15 is 0 Å². The molecule has 0 heterocycles. The second-order valence-electron chi connectivity index (χ2n) is 4.32. The Morgan fingerprint density at radius 3 is 2.72 bits per heavy atom. The molecule has 1 aromatic carbocycles. The van der Waals surface area contributed by atoms with Crippen molar-refractivity contribution in [2.75, 3.05) is 13.2 Å². The van der Waals surface area contributed by atoms with Gasteiger partial charge in [-0.1, -0.05) is 56.2 Å². The van der Waals surface area contributed by atoms with Crippen LogP contribution in [0.3, 0.4) is 0 Å². The number of ether oxygens (including phenoxy) is 1. The summed E-state index contributed by atoms with van der Waals surface area (Å²) in [7, 11) is 0. The van der Waals surface area contributed by atoms with Crippen LogP contribution in [0.4, 0.5) is 0 Å². The van der Waals surface area contributed by atoms with E-state index in [1.54, 1.807) is 0 Å². The summed E-state index contributed by atoms with van der Waals surface area (Å²) in [6, 6.07) is 12.3. The minimum Gasteiger partial charge on any atom is -0.362 e. The van der Waals surface area contributed by atoms with E-state index < -0.39 is 0 Å². The van der Waals surface area contributed by atoms with Gasteiger partial charge in [0.1, 0.15) is 6.61 Å². The van der Waals surface area contributed by atoms with E-state index in [-0.39, 0.29) is 6.61 Å². The maximum Gasteiger partial charge on any atom is 0.134 e. The molecule has 1 rings (SSSR count). The van der Waals surface area contributed by atoms with Gasteiger partial charge in [-0.05, 0) is 24.0 Å². The Bertz CT molecular complexity index is 389. The van der Waals surface area contributed by atoms with Crippen LogP contribution in [0.5, 0.6) is 0 Å². The first-order valence-electron chi connectivity index (χ1n) is 6.56. The lowest BCUT2D eigenvalue weighted by Crippen LogP contribution is -1.99. The number of hydrogen-bond donors (Lipinski definition) is 0. The Kier molecular flexibility index (Phi) is 7.59. The van der Waals surface area contributed by atoms with E-state index in [9.17, 15) is 0 Å². The Morgan fingerprint density at radius 2 is 2.06 bits per heavy atom. The van der Waals surface area contributed by atoms with Gasteiger partial charge in [0.15, 0.2) is 0 Å². The Labute approximate surface area is 110 Å². The summed E-state index contributed by atoms with van der Waals surface area (Å²) in [5.74, 6) is 0. The van der Waals surface area contributed by atoms with Crippen LogP contribution in [0, 0.1) is 11.3 Å². The van der Waals surface area contributed by atoms with E-state index in [1.165, 1.54) is 30.4 Å². The van der Waals surface area contributed by atoms with Crippen molar-refractivity contribution in [1.82, 2.24) is 0 Å². The molecule has 0 aliphatic rings. The highest BCUT2D eigenvalue weighted by atomic mass is 16.5. The second-order valence-corrected chi connectivity index (χ2v) is 4.32. The molecule has 2 heteroatoms. The minimum atomic E-state index is 0.167. The predicted molar refractivity (Wildman–Crippen MR) is 75.0 cm³/mol. The van der Waals surface area contributed by atoms with Crippen LogP contribution in [0.1, 0.15) is 38.2 Å². The number of nitrogens with zero attached hydrogens (tertiary/aromatic N) is 1. The molecular formula is C16H21NO. The van der Waals surface area contributed by atoms with Gasteiger partial charge in [-0.25, -0.2) is 0 Å². The average Bonchev–Trinajstić information content (AvgIpc) is 2.40. The zero-order valence-electron chi connectivity index (χ0n) is 11.1. The zero-order chi connectivity index (χ0) is 13.1. The van der Waals surface area contributed by atoms with Crippen molar-refractivity contribution in [2.24, 2.45) is 0 Å². The molecule has 0 aliphatic carbocycles. The van der Waals surface area contributed by atoms with Gasteiger partial charge in [0.25, 0.3) is 0 Å². The van der Waals surface area contributed by atoms with Crippen LogP contribution in [0.15, 0.2) is 35.9 Å². The summed E-state index contributed by atoms with van der Waals surface area (Å²) in [6.07, 6.45) is 6.87. The third kappa shape index (κ3) is 6.22. The molecule has 0 spiro atoms. The summed E-state index contributed by atoms with van der Waals surface area (Å²) in [6.45, 7) is 2.93. The normalized spacial score (nSPS) is 11.2. The average molecular weight is 243 g/mol. The highest BCUT2D eigenvalue weighted by Gasteiger charge is 1.99. The maximum atomic E-state index is 8.49. The standard InChI is InChI=1S/C16H21NO/c1-2-3-5-10-16(14-18-12-11-17)13-15-8-6-4-7-9-15/h4,6-9,13H,2-3,5,10,12,14H2,1H3. The highest BCUT2D eigenvalue weighted by Crippen LogP contribution is 2.14. The van der Waals surface area contributed by atoms with Gasteiger partial charge in [-0.15, -0.1) is 0 Å². The van der Waals surface area contributed by atoms with Crippen molar-refractivity contribution in [3.63, 3.8) is 0 Å². The van der Waals surface area contributed by atoms with E-state index in [1.807, 2.05) is 24.3 Å². The van der Waals surface area contributed by atoms with Crippen LogP contribution >= 0.6 is 0 Å². The minimum absolute atomic E-state index is 0.167. The van der Waals surface area contributed by atoms with E-state index in [4.69, 9.17) is 10.00 Å². The fourth-order valence-electron chi connectivity index (χ4n) is 1.80. The predicted octanol–water partition coefficient (Wildman–Crippen LogP) is 4.19. The summed E-state index contributed by atoms with van der Waals surface area (Å²) in [5.41, 5.74) is 2.47. The fraction of sp³-hybridized carbons (Fsp3) is 0.438. The van der Waals surface area contributed by atoms with Crippen molar-refractivity contribution in [1.29, 1.82) is 5.26 Å². The molecule has 0 amide bonds. The first kappa shape index (κ1) is 14.5. The molecule has 0 N–H and O–H groups in total. The first-order valence-corrected chi connectivity index (χ1v) is 6.56. The van der Waals surface area contributed by atoms with Crippen molar-refractivity contribution in [2.45, 2.75) is 32.6 Å². The van der Waals surface area contributed by atoms with Gasteiger partial charge in [0.2, 0.25) is 0 Å². The molecule has 0 fully saturated rings. The summed E-state index contributed by atoms with van der Waals surface area (Å²) in [4.78, 5) is 0. The monoisotopic (exact) mass is 243 g/mol. The van der Waals surface area contributed by atoms with E-state index in [0.717, 1.165) is 6.42 Å². The van der Waals surface area contributed by atoms with Crippen LogP contribution in [0.2, 0.25) is 0 Å². The van der Waals surface area contributed by atoms with Crippen LogP contribution in [-0.2, 0) is 4.74 Å². The molecule has 0 aliphatic heterocycles. The summed E-state index contributed by atoms with van der Waals surface area (Å²) >= 11 is 0. The molecule has 1 aromatic rings. The number of unbranched alkanes of at least 4 members (excludes halogenated alkanes) is 2. The largest absolute Gasteiger partial charge is 0.362 e. The lowest BCUT2D eigenvalue weighted by Gasteiger charge is -2.07. The number of nitriles is 1. The molecule has 0 atom stereocenters. The molecular weight excluding hydrogens is 222 g/mol. The molecule has 0 saturated heterocycles. The Morgan fingerprint density at radius 1 is 1.28 bits per heavy atom. The Balaban J connectivity index is 2.58. The molecule has 0 bridgehead atoms. The summed E-state index contributed by atoms with van der Waals surface area (Å²) in [5, 5.41) is 8.49. The zero-order valence-corrected chi connectivity index (χ0v) is 11.1.